The quantitative estimate of drug-likeness (QED) is 0.768. The van der Waals surface area contributed by atoms with E-state index in [1.165, 1.54) is 7.11 Å². The van der Waals surface area contributed by atoms with E-state index in [-0.39, 0.29) is 22.0 Å². The second-order valence-corrected chi connectivity index (χ2v) is 6.05. The van der Waals surface area contributed by atoms with E-state index in [1.54, 1.807) is 38.1 Å². The Morgan fingerprint density at radius 2 is 2.00 bits per heavy atom. The Balaban J connectivity index is 2.37. The number of amides is 2. The summed E-state index contributed by atoms with van der Waals surface area (Å²) in [5, 5.41) is 2.84. The SMILES string of the molecule is CCOC(=O)c1sc(NC(=O)c2cccc(OC)c2)c(C(N)=O)c1C. The van der Waals surface area contributed by atoms with Crippen LogP contribution in [0.1, 0.15) is 42.9 Å². The van der Waals surface area contributed by atoms with Gasteiger partial charge in [-0.2, -0.15) is 0 Å². The van der Waals surface area contributed by atoms with E-state index in [0.29, 0.717) is 16.9 Å². The number of nitrogens with two attached hydrogens (primary N) is 1. The minimum Gasteiger partial charge on any atom is -0.497 e. The van der Waals surface area contributed by atoms with Crippen molar-refractivity contribution in [2.24, 2.45) is 5.73 Å². The van der Waals surface area contributed by atoms with Gasteiger partial charge in [0.2, 0.25) is 0 Å². The lowest BCUT2D eigenvalue weighted by molar-refractivity contribution is 0.0531. The first-order chi connectivity index (χ1) is 11.9. The van der Waals surface area contributed by atoms with Gasteiger partial charge in [0, 0.05) is 5.56 Å². The first-order valence-electron chi connectivity index (χ1n) is 7.44. The molecule has 3 N–H and O–H groups in total. The third-order valence-corrected chi connectivity index (χ3v) is 4.60. The fraction of sp³-hybridized carbons (Fsp3) is 0.235. The number of carbonyl (C=O) groups is 3. The Hall–Kier alpha value is -2.87. The number of ether oxygens (including phenoxy) is 2. The van der Waals surface area contributed by atoms with Crippen molar-refractivity contribution in [3.05, 3.63) is 45.8 Å². The largest absolute Gasteiger partial charge is 0.497 e. The van der Waals surface area contributed by atoms with E-state index >= 15 is 0 Å². The molecule has 2 aromatic rings. The Bertz CT molecular complexity index is 828. The summed E-state index contributed by atoms with van der Waals surface area (Å²) in [7, 11) is 1.50. The number of primary amides is 1. The monoisotopic (exact) mass is 362 g/mol. The van der Waals surface area contributed by atoms with Crippen LogP contribution in [-0.2, 0) is 4.74 Å². The fourth-order valence-corrected chi connectivity index (χ4v) is 3.33. The summed E-state index contributed by atoms with van der Waals surface area (Å²) < 4.78 is 10.1. The maximum absolute atomic E-state index is 12.4. The molecule has 25 heavy (non-hydrogen) atoms. The highest BCUT2D eigenvalue weighted by molar-refractivity contribution is 7.18. The lowest BCUT2D eigenvalue weighted by Crippen LogP contribution is -2.17. The molecule has 8 heteroatoms. The zero-order chi connectivity index (χ0) is 18.6. The number of anilines is 1. The summed E-state index contributed by atoms with van der Waals surface area (Å²) in [5.74, 6) is -1.21. The maximum Gasteiger partial charge on any atom is 0.348 e. The topological polar surface area (TPSA) is 108 Å². The first kappa shape index (κ1) is 18.5. The van der Waals surface area contributed by atoms with Crippen LogP contribution in [0.4, 0.5) is 5.00 Å². The van der Waals surface area contributed by atoms with Crippen LogP contribution in [0.2, 0.25) is 0 Å². The molecule has 7 nitrogen and oxygen atoms in total. The van der Waals surface area contributed by atoms with Gasteiger partial charge in [-0.15, -0.1) is 11.3 Å². The molecule has 2 amide bonds. The molecule has 0 unspecified atom stereocenters. The number of benzene rings is 1. The van der Waals surface area contributed by atoms with Crippen LogP contribution in [-0.4, -0.2) is 31.5 Å². The maximum atomic E-state index is 12.4. The van der Waals surface area contributed by atoms with Gasteiger partial charge in [0.15, 0.2) is 0 Å². The second-order valence-electron chi connectivity index (χ2n) is 5.03. The molecule has 0 aliphatic rings. The molecule has 1 heterocycles. The minimum absolute atomic E-state index is 0.101. The van der Waals surface area contributed by atoms with Crippen molar-refractivity contribution in [3.63, 3.8) is 0 Å². The van der Waals surface area contributed by atoms with Crippen LogP contribution in [0.3, 0.4) is 0 Å². The van der Waals surface area contributed by atoms with Gasteiger partial charge >= 0.3 is 5.97 Å². The van der Waals surface area contributed by atoms with Crippen molar-refractivity contribution >= 4 is 34.1 Å². The smallest absolute Gasteiger partial charge is 0.348 e. The van der Waals surface area contributed by atoms with Gasteiger partial charge in [-0.05, 0) is 37.6 Å². The van der Waals surface area contributed by atoms with Crippen molar-refractivity contribution < 1.29 is 23.9 Å². The molecule has 0 atom stereocenters. The second kappa shape index (κ2) is 7.80. The van der Waals surface area contributed by atoms with Gasteiger partial charge in [-0.1, -0.05) is 6.07 Å². The normalized spacial score (nSPS) is 10.2. The molecule has 0 aliphatic heterocycles. The molecule has 0 fully saturated rings. The molecule has 0 saturated carbocycles. The molecule has 132 valence electrons. The number of thiophene rings is 1. The molecule has 1 aromatic carbocycles. The standard InChI is InChI=1S/C17H18N2O5S/c1-4-24-17(22)13-9(2)12(14(18)20)16(25-13)19-15(21)10-6-5-7-11(8-10)23-3/h5-8H,4H2,1-3H3,(H2,18,20)(H,19,21). The van der Waals surface area contributed by atoms with Crippen molar-refractivity contribution in [2.75, 3.05) is 19.0 Å². The van der Waals surface area contributed by atoms with E-state index in [9.17, 15) is 14.4 Å². The van der Waals surface area contributed by atoms with E-state index in [1.807, 2.05) is 0 Å². The number of nitrogens with one attached hydrogen (secondary N) is 1. The van der Waals surface area contributed by atoms with Crippen LogP contribution >= 0.6 is 11.3 Å². The lowest BCUT2D eigenvalue weighted by Gasteiger charge is -2.06. The van der Waals surface area contributed by atoms with Crippen molar-refractivity contribution in [2.45, 2.75) is 13.8 Å². The Morgan fingerprint density at radius 3 is 2.60 bits per heavy atom. The van der Waals surface area contributed by atoms with Gasteiger partial charge < -0.3 is 20.5 Å². The lowest BCUT2D eigenvalue weighted by atomic mass is 10.1. The number of carbonyl (C=O) groups excluding carboxylic acids is 3. The minimum atomic E-state index is -0.731. The van der Waals surface area contributed by atoms with Crippen LogP contribution in [0.25, 0.3) is 0 Å². The highest BCUT2D eigenvalue weighted by Crippen LogP contribution is 2.33. The summed E-state index contributed by atoms with van der Waals surface area (Å²) in [4.78, 5) is 36.4. The predicted octanol–water partition coefficient (Wildman–Crippen LogP) is 2.59. The van der Waals surface area contributed by atoms with E-state index in [4.69, 9.17) is 15.2 Å². The van der Waals surface area contributed by atoms with Gasteiger partial charge in [0.1, 0.15) is 15.6 Å². The van der Waals surface area contributed by atoms with Crippen LogP contribution in [0, 0.1) is 6.92 Å². The summed E-state index contributed by atoms with van der Waals surface area (Å²) >= 11 is 0.957. The average Bonchev–Trinajstić information content (AvgIpc) is 2.91. The van der Waals surface area contributed by atoms with Crippen molar-refractivity contribution in [1.82, 2.24) is 0 Å². The molecule has 0 radical (unpaired) electrons. The van der Waals surface area contributed by atoms with Crippen molar-refractivity contribution in [1.29, 1.82) is 0 Å². The molecule has 0 spiro atoms. The van der Waals surface area contributed by atoms with Crippen LogP contribution in [0.5, 0.6) is 5.75 Å². The molecular formula is C17H18N2O5S. The Labute approximate surface area is 148 Å². The summed E-state index contributed by atoms with van der Waals surface area (Å²) in [6.07, 6.45) is 0. The van der Waals surface area contributed by atoms with Gasteiger partial charge in [0.05, 0.1) is 19.3 Å². The number of esters is 1. The van der Waals surface area contributed by atoms with Crippen LogP contribution < -0.4 is 15.8 Å². The number of hydrogen-bond donors (Lipinski definition) is 2. The molecule has 2 rings (SSSR count). The number of methoxy groups -OCH3 is 1. The zero-order valence-electron chi connectivity index (χ0n) is 14.0. The third-order valence-electron chi connectivity index (χ3n) is 3.41. The molecular weight excluding hydrogens is 344 g/mol. The zero-order valence-corrected chi connectivity index (χ0v) is 14.9. The van der Waals surface area contributed by atoms with Gasteiger partial charge in [-0.25, -0.2) is 4.79 Å². The molecule has 0 saturated heterocycles. The van der Waals surface area contributed by atoms with E-state index < -0.39 is 17.8 Å². The van der Waals surface area contributed by atoms with Crippen LogP contribution in [0.15, 0.2) is 24.3 Å². The Kier molecular flexibility index (Phi) is 5.76. The first-order valence-corrected chi connectivity index (χ1v) is 8.26. The molecule has 0 bridgehead atoms. The summed E-state index contributed by atoms with van der Waals surface area (Å²) in [5.41, 5.74) is 6.24. The molecule has 0 aliphatic carbocycles. The Morgan fingerprint density at radius 1 is 1.28 bits per heavy atom. The highest BCUT2D eigenvalue weighted by Gasteiger charge is 2.25. The van der Waals surface area contributed by atoms with E-state index in [2.05, 4.69) is 5.32 Å². The third kappa shape index (κ3) is 3.97. The van der Waals surface area contributed by atoms with Crippen molar-refractivity contribution in [3.8, 4) is 5.75 Å². The summed E-state index contributed by atoms with van der Waals surface area (Å²) in [6, 6.07) is 6.55. The summed E-state index contributed by atoms with van der Waals surface area (Å²) in [6.45, 7) is 3.47. The highest BCUT2D eigenvalue weighted by atomic mass is 32.1. The molecule has 1 aromatic heterocycles. The number of hydrogen-bond acceptors (Lipinski definition) is 6. The van der Waals surface area contributed by atoms with E-state index in [0.717, 1.165) is 11.3 Å². The average molecular weight is 362 g/mol. The number of rotatable bonds is 6. The fourth-order valence-electron chi connectivity index (χ4n) is 2.23. The predicted molar refractivity (Wildman–Crippen MR) is 94.5 cm³/mol. The van der Waals surface area contributed by atoms with Gasteiger partial charge in [-0.3, -0.25) is 9.59 Å². The van der Waals surface area contributed by atoms with Gasteiger partial charge in [0.25, 0.3) is 11.8 Å².